The normalized spacial score (nSPS) is 10.2. The lowest BCUT2D eigenvalue weighted by Gasteiger charge is -2.06. The average Bonchev–Trinajstić information content (AvgIpc) is 3.17. The Morgan fingerprint density at radius 3 is 2.11 bits per heavy atom. The smallest absolute Gasteiger partial charge is 0.201 e. The average molecular weight is 363 g/mol. The topological polar surface area (TPSA) is 104 Å². The fraction of sp³-hybridized carbons (Fsp3) is 0.0476. The standard InChI is InChI=1S/C21H13N7/c22-12-16-8-4-10-24-18(16)20-26-21(19-17(13-23)9-5-11-25-19)28(27-20)14-15-6-2-1-3-7-15/h1-11H,14H2. The molecule has 4 aromatic rings. The number of benzene rings is 1. The number of pyridine rings is 2. The van der Waals surface area contributed by atoms with Crippen molar-refractivity contribution in [3.8, 4) is 35.2 Å². The molecule has 7 nitrogen and oxygen atoms in total. The van der Waals surface area contributed by atoms with Crippen molar-refractivity contribution in [2.75, 3.05) is 0 Å². The van der Waals surface area contributed by atoms with Crippen molar-refractivity contribution in [2.45, 2.75) is 6.54 Å². The third kappa shape index (κ3) is 3.20. The number of nitrogens with zero attached hydrogens (tertiary/aromatic N) is 7. The molecule has 1 aromatic carbocycles. The maximum Gasteiger partial charge on any atom is 0.201 e. The Bertz CT molecular complexity index is 1210. The highest BCUT2D eigenvalue weighted by Crippen LogP contribution is 2.24. The van der Waals surface area contributed by atoms with E-state index in [1.165, 1.54) is 0 Å². The van der Waals surface area contributed by atoms with Gasteiger partial charge in [0.1, 0.15) is 23.5 Å². The van der Waals surface area contributed by atoms with Crippen molar-refractivity contribution in [3.05, 3.63) is 83.7 Å². The van der Waals surface area contributed by atoms with Gasteiger partial charge in [0, 0.05) is 12.4 Å². The Hall–Kier alpha value is -4.36. The molecular weight excluding hydrogens is 350 g/mol. The predicted molar refractivity (Wildman–Crippen MR) is 101 cm³/mol. The Balaban J connectivity index is 1.90. The lowest BCUT2D eigenvalue weighted by Crippen LogP contribution is -2.06. The van der Waals surface area contributed by atoms with E-state index in [1.807, 2.05) is 30.3 Å². The van der Waals surface area contributed by atoms with Crippen LogP contribution < -0.4 is 0 Å². The molecule has 0 atom stereocenters. The molecule has 0 fully saturated rings. The van der Waals surface area contributed by atoms with E-state index in [0.717, 1.165) is 5.56 Å². The first-order valence-corrected chi connectivity index (χ1v) is 8.50. The second-order valence-electron chi connectivity index (χ2n) is 5.93. The van der Waals surface area contributed by atoms with Crippen molar-refractivity contribution in [1.29, 1.82) is 10.5 Å². The minimum atomic E-state index is 0.317. The molecule has 0 N–H and O–H groups in total. The summed E-state index contributed by atoms with van der Waals surface area (Å²) in [5, 5.41) is 23.4. The highest BCUT2D eigenvalue weighted by molar-refractivity contribution is 5.65. The molecule has 0 bridgehead atoms. The number of hydrogen-bond acceptors (Lipinski definition) is 6. The molecule has 4 rings (SSSR count). The molecule has 0 aliphatic rings. The third-order valence-electron chi connectivity index (χ3n) is 4.13. The fourth-order valence-corrected chi connectivity index (χ4v) is 2.83. The van der Waals surface area contributed by atoms with E-state index in [-0.39, 0.29) is 0 Å². The van der Waals surface area contributed by atoms with Crippen molar-refractivity contribution >= 4 is 0 Å². The van der Waals surface area contributed by atoms with Crippen LogP contribution in [0.5, 0.6) is 0 Å². The van der Waals surface area contributed by atoms with Crippen LogP contribution in [0, 0.1) is 22.7 Å². The second-order valence-corrected chi connectivity index (χ2v) is 5.93. The van der Waals surface area contributed by atoms with Gasteiger partial charge < -0.3 is 0 Å². The molecule has 0 aliphatic carbocycles. The first-order valence-electron chi connectivity index (χ1n) is 8.50. The molecule has 0 spiro atoms. The predicted octanol–water partition coefficient (Wildman–Crippen LogP) is 3.19. The van der Waals surface area contributed by atoms with E-state index >= 15 is 0 Å². The van der Waals surface area contributed by atoms with Crippen molar-refractivity contribution in [1.82, 2.24) is 24.7 Å². The van der Waals surface area contributed by atoms with Crippen molar-refractivity contribution in [3.63, 3.8) is 0 Å². The number of nitriles is 2. The molecule has 0 saturated heterocycles. The van der Waals surface area contributed by atoms with Crippen LogP contribution in [0.4, 0.5) is 0 Å². The first-order chi connectivity index (χ1) is 13.8. The quantitative estimate of drug-likeness (QED) is 0.551. The summed E-state index contributed by atoms with van der Waals surface area (Å²) >= 11 is 0. The summed E-state index contributed by atoms with van der Waals surface area (Å²) in [4.78, 5) is 13.2. The van der Waals surface area contributed by atoms with Crippen molar-refractivity contribution < 1.29 is 0 Å². The highest BCUT2D eigenvalue weighted by atomic mass is 15.4. The molecule has 3 heterocycles. The van der Waals surface area contributed by atoms with Gasteiger partial charge in [0.05, 0.1) is 17.7 Å². The summed E-state index contributed by atoms with van der Waals surface area (Å²) < 4.78 is 1.68. The Kier molecular flexibility index (Phi) is 4.56. The zero-order valence-corrected chi connectivity index (χ0v) is 14.7. The van der Waals surface area contributed by atoms with Gasteiger partial charge in [-0.25, -0.2) is 9.67 Å². The summed E-state index contributed by atoms with van der Waals surface area (Å²) in [5.41, 5.74) is 2.64. The number of hydrogen-bond donors (Lipinski definition) is 0. The van der Waals surface area contributed by atoms with Gasteiger partial charge in [-0.3, -0.25) is 9.97 Å². The maximum absolute atomic E-state index is 9.46. The SMILES string of the molecule is N#Cc1cccnc1-c1nc(-c2ncccc2C#N)n(Cc2ccccc2)n1. The Morgan fingerprint density at radius 1 is 0.786 bits per heavy atom. The van der Waals surface area contributed by atoms with Crippen LogP contribution in [0.1, 0.15) is 16.7 Å². The van der Waals surface area contributed by atoms with Gasteiger partial charge in [-0.2, -0.15) is 10.5 Å². The largest absolute Gasteiger partial charge is 0.252 e. The van der Waals surface area contributed by atoms with Crippen LogP contribution in [0.25, 0.3) is 23.0 Å². The number of rotatable bonds is 4. The Labute approximate surface area is 161 Å². The van der Waals surface area contributed by atoms with Gasteiger partial charge in [0.15, 0.2) is 5.82 Å². The van der Waals surface area contributed by atoms with E-state index < -0.39 is 0 Å². The van der Waals surface area contributed by atoms with Gasteiger partial charge >= 0.3 is 0 Å². The molecule has 0 radical (unpaired) electrons. The minimum Gasteiger partial charge on any atom is -0.252 e. The summed E-state index contributed by atoms with van der Waals surface area (Å²) in [6.07, 6.45) is 3.20. The zero-order valence-electron chi connectivity index (χ0n) is 14.7. The molecule has 0 aliphatic heterocycles. The van der Waals surface area contributed by atoms with Gasteiger partial charge in [0.25, 0.3) is 0 Å². The van der Waals surface area contributed by atoms with E-state index in [9.17, 15) is 10.5 Å². The van der Waals surface area contributed by atoms with Crippen LogP contribution in [-0.4, -0.2) is 24.7 Å². The van der Waals surface area contributed by atoms with Crippen LogP contribution in [0.2, 0.25) is 0 Å². The molecule has 0 amide bonds. The summed E-state index contributed by atoms with van der Waals surface area (Å²) in [5.74, 6) is 0.767. The monoisotopic (exact) mass is 363 g/mol. The summed E-state index contributed by atoms with van der Waals surface area (Å²) in [6.45, 7) is 0.444. The van der Waals surface area contributed by atoms with Gasteiger partial charge in [-0.05, 0) is 29.8 Å². The van der Waals surface area contributed by atoms with Gasteiger partial charge in [-0.15, -0.1) is 5.10 Å². The second kappa shape index (κ2) is 7.48. The maximum atomic E-state index is 9.46. The van der Waals surface area contributed by atoms with Gasteiger partial charge in [-0.1, -0.05) is 30.3 Å². The van der Waals surface area contributed by atoms with Crippen LogP contribution >= 0.6 is 0 Å². The molecule has 0 unspecified atom stereocenters. The van der Waals surface area contributed by atoms with Crippen LogP contribution in [-0.2, 0) is 6.54 Å². The molecule has 132 valence electrons. The van der Waals surface area contributed by atoms with E-state index in [4.69, 9.17) is 0 Å². The summed E-state index contributed by atoms with van der Waals surface area (Å²) in [7, 11) is 0. The first kappa shape index (κ1) is 17.1. The fourth-order valence-electron chi connectivity index (χ4n) is 2.83. The van der Waals surface area contributed by atoms with Crippen LogP contribution in [0.15, 0.2) is 67.0 Å². The van der Waals surface area contributed by atoms with Crippen molar-refractivity contribution in [2.24, 2.45) is 0 Å². The van der Waals surface area contributed by atoms with E-state index in [1.54, 1.807) is 41.3 Å². The zero-order chi connectivity index (χ0) is 19.3. The van der Waals surface area contributed by atoms with Gasteiger partial charge in [0.2, 0.25) is 5.82 Å². The molecular formula is C21H13N7. The van der Waals surface area contributed by atoms with E-state index in [2.05, 4.69) is 32.2 Å². The minimum absolute atomic E-state index is 0.317. The molecule has 28 heavy (non-hydrogen) atoms. The molecule has 7 heteroatoms. The molecule has 3 aromatic heterocycles. The lowest BCUT2D eigenvalue weighted by atomic mass is 10.2. The highest BCUT2D eigenvalue weighted by Gasteiger charge is 2.20. The third-order valence-corrected chi connectivity index (χ3v) is 4.13. The van der Waals surface area contributed by atoms with E-state index in [0.29, 0.717) is 40.7 Å². The number of aromatic nitrogens is 5. The summed E-state index contributed by atoms with van der Waals surface area (Å²) in [6, 6.07) is 20.8. The molecule has 0 saturated carbocycles. The Morgan fingerprint density at radius 2 is 1.43 bits per heavy atom. The van der Waals surface area contributed by atoms with Crippen LogP contribution in [0.3, 0.4) is 0 Å². The lowest BCUT2D eigenvalue weighted by molar-refractivity contribution is 0.692.